The van der Waals surface area contributed by atoms with E-state index in [1.807, 2.05) is 31.2 Å². The number of nitrogens with one attached hydrogen (secondary N) is 1. The van der Waals surface area contributed by atoms with Gasteiger partial charge in [0.25, 0.3) is 0 Å². The van der Waals surface area contributed by atoms with Gasteiger partial charge in [0.05, 0.1) is 16.3 Å². The molecule has 2 aliphatic rings. The maximum absolute atomic E-state index is 13.1. The molecule has 1 amide bonds. The molecule has 7 heteroatoms. The third kappa shape index (κ3) is 4.75. The Bertz CT molecular complexity index is 931. The summed E-state index contributed by atoms with van der Waals surface area (Å²) >= 11 is 13.8. The lowest BCUT2D eigenvalue weighted by molar-refractivity contribution is -0.121. The fourth-order valence-electron chi connectivity index (χ4n) is 4.18. The first-order valence-electron chi connectivity index (χ1n) is 10.2. The molecule has 0 saturated carbocycles. The molecule has 1 saturated heterocycles. The van der Waals surface area contributed by atoms with E-state index < -0.39 is 0 Å². The topological polar surface area (TPSA) is 41.6 Å². The Labute approximate surface area is 192 Å². The maximum Gasteiger partial charge on any atom is 0.233 e. The van der Waals surface area contributed by atoms with Crippen molar-refractivity contribution in [3.63, 3.8) is 0 Å². The van der Waals surface area contributed by atoms with Crippen LogP contribution in [0.2, 0.25) is 10.0 Å². The Morgan fingerprint density at radius 3 is 2.73 bits per heavy atom. The minimum atomic E-state index is -0.301. The van der Waals surface area contributed by atoms with Crippen molar-refractivity contribution in [3.8, 4) is 5.75 Å². The summed E-state index contributed by atoms with van der Waals surface area (Å²) in [6.45, 7) is 3.90. The molecule has 1 spiro atoms. The summed E-state index contributed by atoms with van der Waals surface area (Å²) in [5, 5.41) is 4.19. The highest BCUT2D eigenvalue weighted by molar-refractivity contribution is 8.00. The van der Waals surface area contributed by atoms with E-state index in [2.05, 4.69) is 17.3 Å². The quantitative estimate of drug-likeness (QED) is 0.599. The molecule has 2 unspecified atom stereocenters. The van der Waals surface area contributed by atoms with Gasteiger partial charge in [0, 0.05) is 35.0 Å². The van der Waals surface area contributed by atoms with Gasteiger partial charge in [-0.05, 0) is 51.1 Å². The molecule has 2 heterocycles. The van der Waals surface area contributed by atoms with Crippen molar-refractivity contribution in [2.45, 2.75) is 48.0 Å². The smallest absolute Gasteiger partial charge is 0.233 e. The Kier molecular flexibility index (Phi) is 6.54. The number of nitrogens with zero attached hydrogens (tertiary/aromatic N) is 1. The summed E-state index contributed by atoms with van der Waals surface area (Å²) in [6, 6.07) is 13.3. The largest absolute Gasteiger partial charge is 0.487 e. The number of hydrogen-bond acceptors (Lipinski definition) is 4. The predicted molar refractivity (Wildman–Crippen MR) is 124 cm³/mol. The number of benzene rings is 2. The number of carbonyl (C=O) groups excluding carboxylic acids is 1. The molecule has 4 nitrogen and oxygen atoms in total. The molecule has 2 atom stereocenters. The maximum atomic E-state index is 13.1. The van der Waals surface area contributed by atoms with Gasteiger partial charge in [0.1, 0.15) is 11.4 Å². The van der Waals surface area contributed by atoms with Crippen molar-refractivity contribution in [3.05, 3.63) is 58.1 Å². The van der Waals surface area contributed by atoms with Gasteiger partial charge in [-0.1, -0.05) is 41.4 Å². The zero-order valence-corrected chi connectivity index (χ0v) is 19.5. The number of likely N-dealkylation sites (tertiary alicyclic amines) is 1. The van der Waals surface area contributed by atoms with E-state index in [0.717, 1.165) is 48.6 Å². The van der Waals surface area contributed by atoms with Crippen LogP contribution in [0.15, 0.2) is 47.4 Å². The lowest BCUT2D eigenvalue weighted by Gasteiger charge is -2.46. The van der Waals surface area contributed by atoms with Crippen molar-refractivity contribution in [2.24, 2.45) is 0 Å². The number of hydrogen-bond donors (Lipinski definition) is 1. The molecular weight excluding hydrogens is 439 g/mol. The average Bonchev–Trinajstić information content (AvgIpc) is 2.73. The Morgan fingerprint density at radius 1 is 1.23 bits per heavy atom. The molecule has 4 rings (SSSR count). The summed E-state index contributed by atoms with van der Waals surface area (Å²) in [6.07, 6.45) is 2.72. The van der Waals surface area contributed by atoms with Crippen molar-refractivity contribution in [1.82, 2.24) is 10.2 Å². The Hall–Kier alpha value is -1.40. The first-order chi connectivity index (χ1) is 14.3. The van der Waals surface area contributed by atoms with E-state index in [1.165, 1.54) is 11.8 Å². The van der Waals surface area contributed by atoms with Crippen LogP contribution in [0, 0.1) is 0 Å². The number of fused-ring (bicyclic) bond motifs is 1. The van der Waals surface area contributed by atoms with Gasteiger partial charge in [-0.2, -0.15) is 0 Å². The molecule has 2 aromatic rings. The molecule has 160 valence electrons. The van der Waals surface area contributed by atoms with Gasteiger partial charge in [-0.3, -0.25) is 4.79 Å². The van der Waals surface area contributed by atoms with E-state index in [4.69, 9.17) is 27.9 Å². The second kappa shape index (κ2) is 8.99. The lowest BCUT2D eigenvalue weighted by Crippen LogP contribution is -2.52. The summed E-state index contributed by atoms with van der Waals surface area (Å²) < 4.78 is 6.49. The average molecular weight is 465 g/mol. The highest BCUT2D eigenvalue weighted by Crippen LogP contribution is 2.44. The van der Waals surface area contributed by atoms with Gasteiger partial charge in [0.2, 0.25) is 5.91 Å². The first kappa shape index (κ1) is 21.8. The van der Waals surface area contributed by atoms with Crippen molar-refractivity contribution in [2.75, 3.05) is 20.1 Å². The Morgan fingerprint density at radius 2 is 1.97 bits per heavy atom. The summed E-state index contributed by atoms with van der Waals surface area (Å²) in [4.78, 5) is 16.2. The second-order valence-electron chi connectivity index (χ2n) is 8.23. The van der Waals surface area contributed by atoms with Crippen LogP contribution >= 0.6 is 35.0 Å². The van der Waals surface area contributed by atoms with Gasteiger partial charge in [-0.15, -0.1) is 11.8 Å². The molecular formula is C23H26Cl2N2O2S. The van der Waals surface area contributed by atoms with Gasteiger partial charge in [-0.25, -0.2) is 0 Å². The highest BCUT2D eigenvalue weighted by atomic mass is 35.5. The number of para-hydroxylation sites is 1. The summed E-state index contributed by atoms with van der Waals surface area (Å²) in [7, 11) is 2.14. The molecule has 0 aliphatic carbocycles. The van der Waals surface area contributed by atoms with Crippen LogP contribution in [0.5, 0.6) is 5.75 Å². The van der Waals surface area contributed by atoms with Crippen LogP contribution in [0.3, 0.4) is 0 Å². The zero-order valence-electron chi connectivity index (χ0n) is 17.2. The van der Waals surface area contributed by atoms with E-state index in [0.29, 0.717) is 10.0 Å². The normalized spacial score (nSPS) is 21.5. The van der Waals surface area contributed by atoms with E-state index in [1.54, 1.807) is 18.2 Å². The molecule has 0 aromatic heterocycles. The molecule has 1 fully saturated rings. The fourth-order valence-corrected chi connectivity index (χ4v) is 5.60. The number of ether oxygens (including phenoxy) is 1. The Balaban J connectivity index is 1.50. The summed E-state index contributed by atoms with van der Waals surface area (Å²) in [5.41, 5.74) is 0.833. The van der Waals surface area contributed by atoms with E-state index >= 15 is 0 Å². The molecule has 0 bridgehead atoms. The highest BCUT2D eigenvalue weighted by Gasteiger charge is 2.43. The fraction of sp³-hybridized carbons (Fsp3) is 0.435. The standard InChI is InChI=1S/C23H26Cl2N2O2S/c1-15(30-21-13-16(24)7-8-18(21)25)22(28)26-19-14-23(9-11-27(2)12-10-23)29-20-6-4-3-5-17(19)20/h3-8,13,15,19H,9-12,14H2,1-2H3,(H,26,28). The van der Waals surface area contributed by atoms with Crippen molar-refractivity contribution < 1.29 is 9.53 Å². The van der Waals surface area contributed by atoms with Crippen molar-refractivity contribution in [1.29, 1.82) is 0 Å². The lowest BCUT2D eigenvalue weighted by atomic mass is 9.80. The number of halogens is 2. The molecule has 1 N–H and O–H groups in total. The van der Waals surface area contributed by atoms with Crippen LogP contribution in [-0.2, 0) is 4.79 Å². The van der Waals surface area contributed by atoms with E-state index in [9.17, 15) is 4.79 Å². The zero-order chi connectivity index (χ0) is 21.3. The minimum absolute atomic E-state index is 0.0131. The van der Waals surface area contributed by atoms with Gasteiger partial charge in [0.15, 0.2) is 0 Å². The van der Waals surface area contributed by atoms with Gasteiger partial charge >= 0.3 is 0 Å². The predicted octanol–water partition coefficient (Wildman–Crippen LogP) is 5.58. The number of thioether (sulfide) groups is 1. The molecule has 2 aliphatic heterocycles. The first-order valence-corrected chi connectivity index (χ1v) is 11.9. The molecule has 0 radical (unpaired) electrons. The van der Waals surface area contributed by atoms with Crippen LogP contribution in [0.4, 0.5) is 0 Å². The molecule has 2 aromatic carbocycles. The minimum Gasteiger partial charge on any atom is -0.487 e. The van der Waals surface area contributed by atoms with Crippen LogP contribution in [-0.4, -0.2) is 41.8 Å². The molecule has 30 heavy (non-hydrogen) atoms. The number of rotatable bonds is 4. The third-order valence-electron chi connectivity index (χ3n) is 5.98. The number of amides is 1. The number of piperidine rings is 1. The monoisotopic (exact) mass is 464 g/mol. The van der Waals surface area contributed by atoms with Crippen LogP contribution in [0.1, 0.15) is 37.8 Å². The van der Waals surface area contributed by atoms with E-state index in [-0.39, 0.29) is 22.8 Å². The summed E-state index contributed by atoms with van der Waals surface area (Å²) in [5.74, 6) is 0.873. The third-order valence-corrected chi connectivity index (χ3v) is 7.81. The SMILES string of the molecule is CC(Sc1cc(Cl)ccc1Cl)C(=O)NC1CC2(CCN(C)CC2)Oc2ccccc21. The second-order valence-corrected chi connectivity index (χ2v) is 10.5. The van der Waals surface area contributed by atoms with Gasteiger partial charge < -0.3 is 15.0 Å². The van der Waals surface area contributed by atoms with Crippen LogP contribution < -0.4 is 10.1 Å². The van der Waals surface area contributed by atoms with Crippen molar-refractivity contribution >= 4 is 40.9 Å². The van der Waals surface area contributed by atoms with Crippen LogP contribution in [0.25, 0.3) is 0 Å². The number of carbonyl (C=O) groups is 1.